The van der Waals surface area contributed by atoms with Gasteiger partial charge in [-0.25, -0.2) is 9.48 Å². The van der Waals surface area contributed by atoms with E-state index in [1.54, 1.807) is 48.5 Å². The number of halogens is 1. The lowest BCUT2D eigenvalue weighted by Gasteiger charge is -2.01. The van der Waals surface area contributed by atoms with E-state index in [-0.39, 0.29) is 22.6 Å². The van der Waals surface area contributed by atoms with Crippen LogP contribution in [0.5, 0.6) is 0 Å². The minimum Gasteiger partial charge on any atom is -0.422 e. The zero-order chi connectivity index (χ0) is 19.8. The number of benzene rings is 2. The first kappa shape index (κ1) is 17.9. The third-order valence-corrected chi connectivity index (χ3v) is 4.52. The highest BCUT2D eigenvalue weighted by Gasteiger charge is 2.24. The average molecular weight is 393 g/mol. The van der Waals surface area contributed by atoms with Gasteiger partial charge in [0.25, 0.3) is 0 Å². The summed E-state index contributed by atoms with van der Waals surface area (Å²) in [4.78, 5) is 37.4. The normalized spacial score (nSPS) is 10.9. The number of aromatic nitrogens is 2. The predicted octanol–water partition coefficient (Wildman–Crippen LogP) is 4.07. The molecule has 2 aromatic carbocycles. The van der Waals surface area contributed by atoms with Crippen LogP contribution in [-0.4, -0.2) is 21.3 Å². The smallest absolute Gasteiger partial charge is 0.347 e. The van der Waals surface area contributed by atoms with Crippen molar-refractivity contribution in [3.63, 3.8) is 0 Å². The van der Waals surface area contributed by atoms with Crippen LogP contribution in [0.2, 0.25) is 5.02 Å². The van der Waals surface area contributed by atoms with Gasteiger partial charge >= 0.3 is 5.63 Å². The molecule has 0 spiro atoms. The van der Waals surface area contributed by atoms with Crippen LogP contribution in [0.1, 0.15) is 33.3 Å². The number of para-hydroxylation sites is 1. The highest BCUT2D eigenvalue weighted by molar-refractivity contribution is 6.30. The summed E-state index contributed by atoms with van der Waals surface area (Å²) in [5, 5.41) is 5.38. The van der Waals surface area contributed by atoms with Crippen molar-refractivity contribution in [2.45, 2.75) is 6.92 Å². The van der Waals surface area contributed by atoms with E-state index < -0.39 is 11.4 Å². The van der Waals surface area contributed by atoms with Gasteiger partial charge in [-0.15, -0.1) is 0 Å². The Kier molecular flexibility index (Phi) is 4.41. The van der Waals surface area contributed by atoms with Crippen molar-refractivity contribution >= 4 is 34.1 Å². The third-order valence-electron chi connectivity index (χ3n) is 4.27. The first-order valence-corrected chi connectivity index (χ1v) is 8.76. The first-order valence-electron chi connectivity index (χ1n) is 8.38. The Hall–Kier alpha value is -3.51. The monoisotopic (exact) mass is 392 g/mol. The van der Waals surface area contributed by atoms with E-state index >= 15 is 0 Å². The number of Topliss-reactive ketones (excluding diaryl/α,β-unsaturated/α-hetero) is 1. The molecule has 0 aliphatic carbocycles. The van der Waals surface area contributed by atoms with E-state index in [2.05, 4.69) is 5.10 Å². The van der Waals surface area contributed by atoms with Gasteiger partial charge in [-0.2, -0.15) is 5.10 Å². The summed E-state index contributed by atoms with van der Waals surface area (Å²) in [6, 6.07) is 15.1. The fourth-order valence-electron chi connectivity index (χ4n) is 2.89. The molecule has 0 atom stereocenters. The maximum Gasteiger partial charge on any atom is 0.347 e. The molecule has 0 N–H and O–H groups in total. The number of ketones is 2. The number of nitrogens with zero attached hydrogens (tertiary/aromatic N) is 2. The van der Waals surface area contributed by atoms with Crippen LogP contribution in [0, 0.1) is 0 Å². The van der Waals surface area contributed by atoms with Gasteiger partial charge < -0.3 is 4.42 Å². The van der Waals surface area contributed by atoms with Gasteiger partial charge in [-0.3, -0.25) is 9.59 Å². The highest BCUT2D eigenvalue weighted by Crippen LogP contribution is 2.20. The molecule has 2 aromatic heterocycles. The minimum atomic E-state index is -0.766. The quantitative estimate of drug-likeness (QED) is 0.386. The van der Waals surface area contributed by atoms with Crippen LogP contribution >= 0.6 is 11.6 Å². The fourth-order valence-corrected chi connectivity index (χ4v) is 3.02. The molecule has 4 aromatic rings. The number of carbonyl (C=O) groups excluding carboxylic acids is 2. The molecule has 0 aliphatic rings. The second-order valence-corrected chi connectivity index (χ2v) is 6.62. The van der Waals surface area contributed by atoms with Gasteiger partial charge in [0.15, 0.2) is 5.78 Å². The maximum absolute atomic E-state index is 13.0. The van der Waals surface area contributed by atoms with E-state index in [4.69, 9.17) is 16.0 Å². The number of rotatable bonds is 4. The van der Waals surface area contributed by atoms with Crippen molar-refractivity contribution in [2.75, 3.05) is 0 Å². The molecular weight excluding hydrogens is 380 g/mol. The summed E-state index contributed by atoms with van der Waals surface area (Å²) in [5.74, 6) is -1.01. The van der Waals surface area contributed by atoms with Crippen molar-refractivity contribution in [3.05, 3.63) is 93.1 Å². The second-order valence-electron chi connectivity index (χ2n) is 6.18. The summed E-state index contributed by atoms with van der Waals surface area (Å²) in [6.07, 6.45) is 1.43. The minimum absolute atomic E-state index is 0.0208. The second kappa shape index (κ2) is 6.90. The Bertz CT molecular complexity index is 1290. The molecule has 0 amide bonds. The largest absolute Gasteiger partial charge is 0.422 e. The topological polar surface area (TPSA) is 82.2 Å². The van der Waals surface area contributed by atoms with E-state index in [1.807, 2.05) is 0 Å². The van der Waals surface area contributed by atoms with Crippen molar-refractivity contribution in [3.8, 4) is 5.69 Å². The molecule has 138 valence electrons. The molecular formula is C21H13ClN2O4. The van der Waals surface area contributed by atoms with Gasteiger partial charge in [0.05, 0.1) is 11.3 Å². The molecule has 0 saturated carbocycles. The molecule has 0 aliphatic heterocycles. The Labute approximate surface area is 164 Å². The van der Waals surface area contributed by atoms with Crippen LogP contribution in [0.25, 0.3) is 16.7 Å². The van der Waals surface area contributed by atoms with E-state index in [0.717, 1.165) is 0 Å². The molecule has 28 heavy (non-hydrogen) atoms. The van der Waals surface area contributed by atoms with Crippen LogP contribution < -0.4 is 5.63 Å². The Morgan fingerprint density at radius 3 is 2.46 bits per heavy atom. The maximum atomic E-state index is 13.0. The summed E-state index contributed by atoms with van der Waals surface area (Å²) < 4.78 is 6.64. The standard InChI is InChI=1S/C21H13ClN2O4/c1-12(25)19-17(11-24(23-19)15-8-6-14(22)7-9-15)20(26)16-10-13-4-2-3-5-18(13)28-21(16)27/h2-11H,1H3. The Balaban J connectivity index is 1.85. The van der Waals surface area contributed by atoms with Crippen LogP contribution in [-0.2, 0) is 0 Å². The van der Waals surface area contributed by atoms with Crippen LogP contribution in [0.15, 0.2) is 70.0 Å². The first-order chi connectivity index (χ1) is 13.4. The highest BCUT2D eigenvalue weighted by atomic mass is 35.5. The molecule has 0 fully saturated rings. The lowest BCUT2D eigenvalue weighted by atomic mass is 10.0. The lowest BCUT2D eigenvalue weighted by molar-refractivity contribution is 0.0986. The number of hydrogen-bond acceptors (Lipinski definition) is 5. The number of hydrogen-bond donors (Lipinski definition) is 0. The van der Waals surface area contributed by atoms with Gasteiger partial charge in [-0.05, 0) is 36.4 Å². The van der Waals surface area contributed by atoms with Gasteiger partial charge in [-0.1, -0.05) is 29.8 Å². The van der Waals surface area contributed by atoms with Crippen molar-refractivity contribution < 1.29 is 14.0 Å². The average Bonchev–Trinajstić information content (AvgIpc) is 3.13. The van der Waals surface area contributed by atoms with Gasteiger partial charge in [0.2, 0.25) is 5.78 Å². The van der Waals surface area contributed by atoms with E-state index in [0.29, 0.717) is 21.7 Å². The SMILES string of the molecule is CC(=O)c1nn(-c2ccc(Cl)cc2)cc1C(=O)c1cc2ccccc2oc1=O. The lowest BCUT2D eigenvalue weighted by Crippen LogP contribution is -2.16. The van der Waals surface area contributed by atoms with Crippen LogP contribution in [0.4, 0.5) is 0 Å². The fraction of sp³-hybridized carbons (Fsp3) is 0.0476. The molecule has 4 rings (SSSR count). The summed E-state index contributed by atoms with van der Waals surface area (Å²) in [5.41, 5.74) is 0.0936. The zero-order valence-electron chi connectivity index (χ0n) is 14.7. The Morgan fingerprint density at radius 1 is 1.04 bits per heavy atom. The number of carbonyl (C=O) groups is 2. The molecule has 7 heteroatoms. The predicted molar refractivity (Wildman–Crippen MR) is 104 cm³/mol. The molecule has 6 nitrogen and oxygen atoms in total. The number of fused-ring (bicyclic) bond motifs is 1. The molecule has 0 bridgehead atoms. The summed E-state index contributed by atoms with van der Waals surface area (Å²) in [7, 11) is 0. The van der Waals surface area contributed by atoms with E-state index in [9.17, 15) is 14.4 Å². The van der Waals surface area contributed by atoms with Crippen molar-refractivity contribution in [1.82, 2.24) is 9.78 Å². The third kappa shape index (κ3) is 3.14. The van der Waals surface area contributed by atoms with Gasteiger partial charge in [0.1, 0.15) is 16.8 Å². The summed E-state index contributed by atoms with van der Waals surface area (Å²) in [6.45, 7) is 1.31. The zero-order valence-corrected chi connectivity index (χ0v) is 15.4. The molecule has 0 saturated heterocycles. The molecule has 0 unspecified atom stereocenters. The molecule has 0 radical (unpaired) electrons. The summed E-state index contributed by atoms with van der Waals surface area (Å²) >= 11 is 5.90. The van der Waals surface area contributed by atoms with Crippen LogP contribution in [0.3, 0.4) is 0 Å². The van der Waals surface area contributed by atoms with Crippen molar-refractivity contribution in [1.29, 1.82) is 0 Å². The van der Waals surface area contributed by atoms with Crippen molar-refractivity contribution in [2.24, 2.45) is 0 Å². The molecule has 2 heterocycles. The van der Waals surface area contributed by atoms with Gasteiger partial charge in [0, 0.05) is 23.5 Å². The van der Waals surface area contributed by atoms with E-state index in [1.165, 1.54) is 23.9 Å². The Morgan fingerprint density at radius 2 is 1.75 bits per heavy atom.